The number of rotatable bonds is 4. The number of halogens is 1. The van der Waals surface area contributed by atoms with Crippen molar-refractivity contribution < 1.29 is 4.79 Å². The van der Waals surface area contributed by atoms with E-state index in [0.717, 1.165) is 12.1 Å². The summed E-state index contributed by atoms with van der Waals surface area (Å²) in [5, 5.41) is 0.510. The van der Waals surface area contributed by atoms with E-state index in [1.165, 1.54) is 6.20 Å². The molecule has 0 spiro atoms. The Morgan fingerprint density at radius 3 is 2.50 bits per heavy atom. The van der Waals surface area contributed by atoms with Crippen LogP contribution in [0.4, 0.5) is 11.4 Å². The van der Waals surface area contributed by atoms with Crippen LogP contribution in [0.15, 0.2) is 42.6 Å². The molecule has 2 rings (SSSR count). The highest BCUT2D eigenvalue weighted by Gasteiger charge is 2.17. The molecule has 0 radical (unpaired) electrons. The molecule has 2 N–H and O–H groups in total. The summed E-state index contributed by atoms with van der Waals surface area (Å²) in [6.07, 6.45) is 2.33. The molecule has 1 heterocycles. The van der Waals surface area contributed by atoms with Gasteiger partial charge in [-0.25, -0.2) is 4.98 Å². The molecule has 5 heteroatoms. The largest absolute Gasteiger partial charge is 0.399 e. The molecular weight excluding hydrogens is 274 g/mol. The Balaban J connectivity index is 2.30. The van der Waals surface area contributed by atoms with Gasteiger partial charge in [-0.15, -0.1) is 0 Å². The first-order valence-corrected chi connectivity index (χ1v) is 6.78. The second-order valence-electron chi connectivity index (χ2n) is 4.41. The Kier molecular flexibility index (Phi) is 4.58. The molecule has 0 saturated heterocycles. The second-order valence-corrected chi connectivity index (χ2v) is 4.85. The molecule has 20 heavy (non-hydrogen) atoms. The second kappa shape index (κ2) is 6.39. The van der Waals surface area contributed by atoms with Crippen molar-refractivity contribution in [3.8, 4) is 0 Å². The first kappa shape index (κ1) is 14.3. The van der Waals surface area contributed by atoms with Crippen LogP contribution in [0.25, 0.3) is 0 Å². The van der Waals surface area contributed by atoms with Gasteiger partial charge in [0.05, 0.1) is 5.02 Å². The van der Waals surface area contributed by atoms with Gasteiger partial charge in [-0.05, 0) is 42.8 Å². The summed E-state index contributed by atoms with van der Waals surface area (Å²) < 4.78 is 0. The Labute approximate surface area is 123 Å². The fraction of sp³-hybridized carbons (Fsp3) is 0.200. The predicted molar refractivity (Wildman–Crippen MR) is 82.1 cm³/mol. The third-order valence-electron chi connectivity index (χ3n) is 2.84. The lowest BCUT2D eigenvalue weighted by atomic mass is 10.2. The molecule has 104 valence electrons. The Hall–Kier alpha value is -2.07. The van der Waals surface area contributed by atoms with Crippen LogP contribution in [-0.4, -0.2) is 17.4 Å². The Bertz CT molecular complexity index is 581. The van der Waals surface area contributed by atoms with Gasteiger partial charge >= 0.3 is 0 Å². The zero-order valence-corrected chi connectivity index (χ0v) is 12.0. The van der Waals surface area contributed by atoms with E-state index >= 15 is 0 Å². The number of anilines is 2. The normalized spacial score (nSPS) is 10.3. The van der Waals surface area contributed by atoms with Crippen molar-refractivity contribution in [1.82, 2.24) is 4.98 Å². The number of carbonyl (C=O) groups is 1. The molecule has 0 unspecified atom stereocenters. The predicted octanol–water partition coefficient (Wildman–Crippen LogP) is 3.37. The van der Waals surface area contributed by atoms with Crippen molar-refractivity contribution >= 4 is 28.9 Å². The van der Waals surface area contributed by atoms with Crippen LogP contribution in [0.3, 0.4) is 0 Å². The number of nitrogens with two attached hydrogens (primary N) is 1. The average Bonchev–Trinajstić information content (AvgIpc) is 2.46. The van der Waals surface area contributed by atoms with E-state index in [9.17, 15) is 4.79 Å². The molecule has 0 aliphatic heterocycles. The number of hydrogen-bond donors (Lipinski definition) is 1. The average molecular weight is 290 g/mol. The standard InChI is InChI=1S/C15H16ClN3O/c1-2-9-19(13-6-4-12(17)5-7-13)15(20)14-8-3-11(16)10-18-14/h3-8,10H,2,9,17H2,1H3. The van der Waals surface area contributed by atoms with E-state index in [1.807, 2.05) is 19.1 Å². The van der Waals surface area contributed by atoms with E-state index in [-0.39, 0.29) is 5.91 Å². The molecule has 0 fully saturated rings. The van der Waals surface area contributed by atoms with Crippen molar-refractivity contribution in [2.24, 2.45) is 0 Å². The van der Waals surface area contributed by atoms with E-state index in [2.05, 4.69) is 4.98 Å². The van der Waals surface area contributed by atoms with Crippen LogP contribution in [0.1, 0.15) is 23.8 Å². The number of carbonyl (C=O) groups excluding carboxylic acids is 1. The Morgan fingerprint density at radius 1 is 1.25 bits per heavy atom. The van der Waals surface area contributed by atoms with E-state index in [0.29, 0.717) is 22.9 Å². The van der Waals surface area contributed by atoms with Gasteiger partial charge in [-0.3, -0.25) is 4.79 Å². The lowest BCUT2D eigenvalue weighted by Gasteiger charge is -2.22. The Morgan fingerprint density at radius 2 is 1.95 bits per heavy atom. The highest BCUT2D eigenvalue weighted by Crippen LogP contribution is 2.19. The van der Waals surface area contributed by atoms with Gasteiger partial charge in [0.15, 0.2) is 0 Å². The lowest BCUT2D eigenvalue weighted by molar-refractivity contribution is 0.0982. The molecule has 0 saturated carbocycles. The number of aromatic nitrogens is 1. The summed E-state index contributed by atoms with van der Waals surface area (Å²) in [5.74, 6) is -0.145. The van der Waals surface area contributed by atoms with Crippen molar-refractivity contribution in [3.05, 3.63) is 53.3 Å². The van der Waals surface area contributed by atoms with Crippen molar-refractivity contribution in [3.63, 3.8) is 0 Å². The molecule has 1 aromatic heterocycles. The van der Waals surface area contributed by atoms with Crippen molar-refractivity contribution in [2.45, 2.75) is 13.3 Å². The van der Waals surface area contributed by atoms with Crippen LogP contribution in [0.5, 0.6) is 0 Å². The van der Waals surface area contributed by atoms with Gasteiger partial charge in [0, 0.05) is 24.1 Å². The smallest absolute Gasteiger partial charge is 0.276 e. The van der Waals surface area contributed by atoms with Crippen molar-refractivity contribution in [1.29, 1.82) is 0 Å². The zero-order chi connectivity index (χ0) is 14.5. The van der Waals surface area contributed by atoms with Crippen LogP contribution < -0.4 is 10.6 Å². The molecule has 0 bridgehead atoms. The van der Waals surface area contributed by atoms with Crippen LogP contribution in [-0.2, 0) is 0 Å². The first-order valence-electron chi connectivity index (χ1n) is 6.40. The highest BCUT2D eigenvalue weighted by atomic mass is 35.5. The summed E-state index contributed by atoms with van der Waals surface area (Å²) in [7, 11) is 0. The summed E-state index contributed by atoms with van der Waals surface area (Å²) >= 11 is 5.79. The summed E-state index contributed by atoms with van der Waals surface area (Å²) in [6, 6.07) is 10.5. The van der Waals surface area contributed by atoms with Gasteiger partial charge in [-0.2, -0.15) is 0 Å². The number of pyridine rings is 1. The SMILES string of the molecule is CCCN(C(=O)c1ccc(Cl)cn1)c1ccc(N)cc1. The van der Waals surface area contributed by atoms with Gasteiger partial charge in [-0.1, -0.05) is 18.5 Å². The van der Waals surface area contributed by atoms with Gasteiger partial charge in [0.25, 0.3) is 5.91 Å². The number of benzene rings is 1. The van der Waals surface area contributed by atoms with Crippen LogP contribution in [0, 0.1) is 0 Å². The van der Waals surface area contributed by atoms with Gasteiger partial charge in [0.2, 0.25) is 0 Å². The highest BCUT2D eigenvalue weighted by molar-refractivity contribution is 6.30. The fourth-order valence-electron chi connectivity index (χ4n) is 1.87. The van der Waals surface area contributed by atoms with E-state index in [1.54, 1.807) is 29.2 Å². The molecule has 0 atom stereocenters. The van der Waals surface area contributed by atoms with Crippen LogP contribution >= 0.6 is 11.6 Å². The third kappa shape index (κ3) is 3.27. The maximum atomic E-state index is 12.5. The number of amides is 1. The van der Waals surface area contributed by atoms with E-state index < -0.39 is 0 Å². The number of nitrogens with zero attached hydrogens (tertiary/aromatic N) is 2. The minimum atomic E-state index is -0.145. The number of nitrogen functional groups attached to an aromatic ring is 1. The quantitative estimate of drug-likeness (QED) is 0.878. The molecule has 0 aliphatic carbocycles. The van der Waals surface area contributed by atoms with E-state index in [4.69, 9.17) is 17.3 Å². The third-order valence-corrected chi connectivity index (χ3v) is 3.07. The number of hydrogen-bond acceptors (Lipinski definition) is 3. The topological polar surface area (TPSA) is 59.2 Å². The summed E-state index contributed by atoms with van der Waals surface area (Å²) in [4.78, 5) is 18.3. The first-order chi connectivity index (χ1) is 9.61. The van der Waals surface area contributed by atoms with Gasteiger partial charge < -0.3 is 10.6 Å². The van der Waals surface area contributed by atoms with Crippen LogP contribution in [0.2, 0.25) is 5.02 Å². The molecule has 1 aromatic carbocycles. The zero-order valence-electron chi connectivity index (χ0n) is 11.2. The van der Waals surface area contributed by atoms with Gasteiger partial charge in [0.1, 0.15) is 5.69 Å². The van der Waals surface area contributed by atoms with Crippen molar-refractivity contribution in [2.75, 3.05) is 17.2 Å². The maximum absolute atomic E-state index is 12.5. The molecule has 1 amide bonds. The minimum Gasteiger partial charge on any atom is -0.399 e. The monoisotopic (exact) mass is 289 g/mol. The maximum Gasteiger partial charge on any atom is 0.276 e. The fourth-order valence-corrected chi connectivity index (χ4v) is 1.98. The molecule has 4 nitrogen and oxygen atoms in total. The molecular formula is C15H16ClN3O. The lowest BCUT2D eigenvalue weighted by Crippen LogP contribution is -2.32. The summed E-state index contributed by atoms with van der Waals surface area (Å²) in [6.45, 7) is 2.64. The molecule has 0 aliphatic rings. The minimum absolute atomic E-state index is 0.145. The molecule has 2 aromatic rings. The summed E-state index contributed by atoms with van der Waals surface area (Å²) in [5.41, 5.74) is 7.53.